The van der Waals surface area contributed by atoms with Crippen LogP contribution in [0.1, 0.15) is 24.0 Å². The number of rotatable bonds is 6. The van der Waals surface area contributed by atoms with Gasteiger partial charge in [-0.05, 0) is 37.8 Å². The van der Waals surface area contributed by atoms with E-state index in [1.165, 1.54) is 4.31 Å². The monoisotopic (exact) mass is 340 g/mol. The molecule has 6 nitrogen and oxygen atoms in total. The second kappa shape index (κ2) is 7.42. The minimum absolute atomic E-state index is 0.127. The van der Waals surface area contributed by atoms with E-state index in [2.05, 4.69) is 5.32 Å². The summed E-state index contributed by atoms with van der Waals surface area (Å²) in [5.74, 6) is -0.342. The highest BCUT2D eigenvalue weighted by Crippen LogP contribution is 2.20. The predicted octanol–water partition coefficient (Wildman–Crippen LogP) is 1.68. The fraction of sp³-hybridized carbons (Fsp3) is 0.562. The summed E-state index contributed by atoms with van der Waals surface area (Å²) in [6, 6.07) is 5.73. The molecule has 0 radical (unpaired) electrons. The van der Waals surface area contributed by atoms with Gasteiger partial charge in [-0.15, -0.1) is 0 Å². The number of hydrogen-bond donors (Lipinski definition) is 1. The molecule has 1 heterocycles. The second-order valence-corrected chi connectivity index (χ2v) is 7.99. The molecule has 1 unspecified atom stereocenters. The smallest absolute Gasteiger partial charge is 0.239 e. The van der Waals surface area contributed by atoms with Gasteiger partial charge in [-0.3, -0.25) is 4.79 Å². The van der Waals surface area contributed by atoms with Gasteiger partial charge in [-0.1, -0.05) is 18.2 Å². The Morgan fingerprint density at radius 2 is 2.00 bits per heavy atom. The molecule has 1 N–H and O–H groups in total. The molecule has 2 rings (SSSR count). The molecule has 0 bridgehead atoms. The Kier molecular flexibility index (Phi) is 5.78. The molecule has 0 spiro atoms. The van der Waals surface area contributed by atoms with Crippen LogP contribution in [-0.2, 0) is 19.6 Å². The third-order valence-corrected chi connectivity index (χ3v) is 5.18. The molecule has 0 aliphatic carbocycles. The molecule has 1 atom stereocenters. The molecular formula is C16H24N2O4S. The lowest BCUT2D eigenvalue weighted by Gasteiger charge is -2.23. The van der Waals surface area contributed by atoms with Gasteiger partial charge in [0.05, 0.1) is 18.9 Å². The van der Waals surface area contributed by atoms with Gasteiger partial charge in [-0.25, -0.2) is 8.42 Å². The predicted molar refractivity (Wildman–Crippen MR) is 89.9 cm³/mol. The van der Waals surface area contributed by atoms with Crippen molar-refractivity contribution in [3.05, 3.63) is 29.3 Å². The number of aryl methyl sites for hydroxylation is 2. The van der Waals surface area contributed by atoms with Gasteiger partial charge >= 0.3 is 0 Å². The summed E-state index contributed by atoms with van der Waals surface area (Å²) >= 11 is 0. The van der Waals surface area contributed by atoms with E-state index in [0.29, 0.717) is 6.61 Å². The number of carbonyl (C=O) groups excluding carboxylic acids is 1. The molecular weight excluding hydrogens is 316 g/mol. The maximum atomic E-state index is 12.3. The van der Waals surface area contributed by atoms with Crippen LogP contribution in [-0.4, -0.2) is 50.7 Å². The lowest BCUT2D eigenvalue weighted by Crippen LogP contribution is -2.41. The zero-order valence-electron chi connectivity index (χ0n) is 13.8. The first kappa shape index (κ1) is 17.9. The van der Waals surface area contributed by atoms with Crippen molar-refractivity contribution in [2.45, 2.75) is 32.8 Å². The van der Waals surface area contributed by atoms with E-state index >= 15 is 0 Å². The second-order valence-electron chi connectivity index (χ2n) is 6.01. The Labute approximate surface area is 137 Å². The molecule has 1 fully saturated rings. The van der Waals surface area contributed by atoms with Crippen LogP contribution in [0.2, 0.25) is 0 Å². The number of carbonyl (C=O) groups is 1. The maximum Gasteiger partial charge on any atom is 0.239 e. The van der Waals surface area contributed by atoms with Gasteiger partial charge < -0.3 is 10.1 Å². The van der Waals surface area contributed by atoms with E-state index in [1.54, 1.807) is 0 Å². The van der Waals surface area contributed by atoms with Crippen LogP contribution >= 0.6 is 0 Å². The number of anilines is 1. The summed E-state index contributed by atoms with van der Waals surface area (Å²) in [7, 11) is -3.47. The van der Waals surface area contributed by atoms with Gasteiger partial charge in [0.15, 0.2) is 0 Å². The number of sulfonamides is 1. The average Bonchev–Trinajstić information content (AvgIpc) is 2.94. The Morgan fingerprint density at radius 3 is 2.52 bits per heavy atom. The van der Waals surface area contributed by atoms with Crippen LogP contribution in [0, 0.1) is 13.8 Å². The van der Waals surface area contributed by atoms with Crippen LogP contribution in [0.3, 0.4) is 0 Å². The Balaban J connectivity index is 2.05. The van der Waals surface area contributed by atoms with Crippen LogP contribution in [0.25, 0.3) is 0 Å². The molecule has 1 saturated heterocycles. The highest BCUT2D eigenvalue weighted by atomic mass is 32.2. The van der Waals surface area contributed by atoms with Gasteiger partial charge in [0.25, 0.3) is 0 Å². The normalized spacial score (nSPS) is 18.3. The summed E-state index contributed by atoms with van der Waals surface area (Å²) in [5.41, 5.74) is 2.63. The Morgan fingerprint density at radius 1 is 1.35 bits per heavy atom. The molecule has 0 saturated carbocycles. The molecule has 1 amide bonds. The largest absolute Gasteiger partial charge is 0.377 e. The third-order valence-electron chi connectivity index (χ3n) is 3.97. The number of amides is 1. The van der Waals surface area contributed by atoms with Gasteiger partial charge in [0, 0.05) is 18.8 Å². The average molecular weight is 340 g/mol. The molecule has 1 aliphatic rings. The van der Waals surface area contributed by atoms with Crippen molar-refractivity contribution in [3.63, 3.8) is 0 Å². The minimum Gasteiger partial charge on any atom is -0.377 e. The summed E-state index contributed by atoms with van der Waals surface area (Å²) in [5, 5.41) is 2.82. The van der Waals surface area contributed by atoms with E-state index in [1.807, 2.05) is 32.0 Å². The molecule has 1 aliphatic heterocycles. The lowest BCUT2D eigenvalue weighted by atomic mass is 10.1. The minimum atomic E-state index is -3.47. The van der Waals surface area contributed by atoms with Crippen LogP contribution in [0.5, 0.6) is 0 Å². The molecule has 1 aromatic carbocycles. The van der Waals surface area contributed by atoms with Crippen molar-refractivity contribution in [3.8, 4) is 0 Å². The quantitative estimate of drug-likeness (QED) is 0.855. The standard InChI is InChI=1S/C16H24N2O4S/c1-12-6-4-7-13(2)16(12)17-15(19)11-18(23(3,20)21)10-14-8-5-9-22-14/h4,6-7,14H,5,8-11H2,1-3H3,(H,17,19). The third kappa shape index (κ3) is 5.02. The van der Waals surface area contributed by atoms with Crippen molar-refractivity contribution >= 4 is 21.6 Å². The van der Waals surface area contributed by atoms with Crippen LogP contribution in [0.4, 0.5) is 5.69 Å². The van der Waals surface area contributed by atoms with Gasteiger partial charge in [0.2, 0.25) is 15.9 Å². The Bertz CT molecular complexity index is 646. The summed E-state index contributed by atoms with van der Waals surface area (Å²) < 4.78 is 30.5. The number of ether oxygens (including phenoxy) is 1. The van der Waals surface area contributed by atoms with Crippen molar-refractivity contribution < 1.29 is 17.9 Å². The van der Waals surface area contributed by atoms with E-state index in [4.69, 9.17) is 4.74 Å². The van der Waals surface area contributed by atoms with E-state index < -0.39 is 10.0 Å². The topological polar surface area (TPSA) is 75.7 Å². The van der Waals surface area contributed by atoms with E-state index in [9.17, 15) is 13.2 Å². The summed E-state index contributed by atoms with van der Waals surface area (Å²) in [4.78, 5) is 12.3. The molecule has 1 aromatic rings. The SMILES string of the molecule is Cc1cccc(C)c1NC(=O)CN(CC1CCCO1)S(C)(=O)=O. The summed E-state index contributed by atoms with van der Waals surface area (Å²) in [6.45, 7) is 4.48. The van der Waals surface area contributed by atoms with Crippen molar-refractivity contribution in [1.82, 2.24) is 4.31 Å². The zero-order chi connectivity index (χ0) is 17.0. The van der Waals surface area contributed by atoms with Crippen molar-refractivity contribution in [2.24, 2.45) is 0 Å². The highest BCUT2D eigenvalue weighted by molar-refractivity contribution is 7.88. The van der Waals surface area contributed by atoms with E-state index in [-0.39, 0.29) is 25.1 Å². The first-order chi connectivity index (χ1) is 10.8. The number of nitrogens with one attached hydrogen (secondary N) is 1. The molecule has 7 heteroatoms. The van der Waals surface area contributed by atoms with Crippen molar-refractivity contribution in [1.29, 1.82) is 0 Å². The maximum absolute atomic E-state index is 12.3. The first-order valence-electron chi connectivity index (χ1n) is 7.70. The fourth-order valence-electron chi connectivity index (χ4n) is 2.68. The van der Waals surface area contributed by atoms with Crippen molar-refractivity contribution in [2.75, 3.05) is 31.3 Å². The molecule has 0 aromatic heterocycles. The Hall–Kier alpha value is -1.44. The fourth-order valence-corrected chi connectivity index (χ4v) is 3.47. The first-order valence-corrected chi connectivity index (χ1v) is 9.55. The number of hydrogen-bond acceptors (Lipinski definition) is 4. The van der Waals surface area contributed by atoms with Gasteiger partial charge in [-0.2, -0.15) is 4.31 Å². The number of nitrogens with zero attached hydrogens (tertiary/aromatic N) is 1. The van der Waals surface area contributed by atoms with Gasteiger partial charge in [0.1, 0.15) is 0 Å². The van der Waals surface area contributed by atoms with Crippen LogP contribution < -0.4 is 5.32 Å². The highest BCUT2D eigenvalue weighted by Gasteiger charge is 2.26. The molecule has 128 valence electrons. The lowest BCUT2D eigenvalue weighted by molar-refractivity contribution is -0.116. The summed E-state index contributed by atoms with van der Waals surface area (Å²) in [6.07, 6.45) is 2.74. The molecule has 23 heavy (non-hydrogen) atoms. The number of benzene rings is 1. The van der Waals surface area contributed by atoms with Crippen LogP contribution in [0.15, 0.2) is 18.2 Å². The number of para-hydroxylation sites is 1. The zero-order valence-corrected chi connectivity index (χ0v) is 14.6. The van der Waals surface area contributed by atoms with E-state index in [0.717, 1.165) is 35.9 Å².